The van der Waals surface area contributed by atoms with Crippen LogP contribution in [0.1, 0.15) is 36.2 Å². The molecule has 26 heavy (non-hydrogen) atoms. The van der Waals surface area contributed by atoms with Crippen LogP contribution in [0.4, 0.5) is 0 Å². The molecule has 2 rings (SSSR count). The first kappa shape index (κ1) is 20.1. The van der Waals surface area contributed by atoms with E-state index in [2.05, 4.69) is 5.32 Å². The van der Waals surface area contributed by atoms with Gasteiger partial charge in [0.2, 0.25) is 0 Å². The lowest BCUT2D eigenvalue weighted by molar-refractivity contribution is -0.308. The fourth-order valence-corrected chi connectivity index (χ4v) is 3.53. The number of carbonyl (C=O) groups excluding carboxylic acids is 3. The molecule has 1 atom stereocenters. The topological polar surface area (TPSA) is 89.5 Å². The summed E-state index contributed by atoms with van der Waals surface area (Å²) in [5.41, 5.74) is 1.08. The van der Waals surface area contributed by atoms with E-state index in [0.717, 1.165) is 5.56 Å². The van der Waals surface area contributed by atoms with Crippen LogP contribution in [0.15, 0.2) is 29.2 Å². The second-order valence-electron chi connectivity index (χ2n) is 6.34. The third-order valence-electron chi connectivity index (χ3n) is 3.75. The van der Waals surface area contributed by atoms with Crippen LogP contribution in [-0.2, 0) is 9.59 Å². The lowest BCUT2D eigenvalue weighted by atomic mass is 10.0. The number of benzene rings is 1. The number of rotatable bonds is 6. The molecule has 0 aliphatic carbocycles. The van der Waals surface area contributed by atoms with Crippen molar-refractivity contribution in [3.05, 3.63) is 40.3 Å². The van der Waals surface area contributed by atoms with Crippen LogP contribution in [0.3, 0.4) is 0 Å². The molecular formula is C18H19N2O4S2-. The molecule has 0 bridgehead atoms. The second kappa shape index (κ2) is 8.46. The number of nitrogens with zero attached hydrogens (tertiary/aromatic N) is 1. The van der Waals surface area contributed by atoms with E-state index in [0.29, 0.717) is 21.2 Å². The van der Waals surface area contributed by atoms with Crippen LogP contribution < -0.4 is 10.4 Å². The maximum absolute atomic E-state index is 12.2. The van der Waals surface area contributed by atoms with Gasteiger partial charge in [-0.2, -0.15) is 0 Å². The number of carboxylic acid groups (broad SMARTS) is 1. The van der Waals surface area contributed by atoms with Crippen LogP contribution in [0.25, 0.3) is 6.08 Å². The van der Waals surface area contributed by atoms with Crippen molar-refractivity contribution in [2.24, 2.45) is 5.92 Å². The number of amides is 2. The molecule has 2 amide bonds. The highest BCUT2D eigenvalue weighted by molar-refractivity contribution is 8.26. The Morgan fingerprint density at radius 3 is 2.38 bits per heavy atom. The summed E-state index contributed by atoms with van der Waals surface area (Å²) in [6, 6.07) is 5.50. The molecule has 8 heteroatoms. The largest absolute Gasteiger partial charge is 0.548 e. The Balaban J connectivity index is 2.09. The molecule has 1 aromatic rings. The molecule has 1 saturated heterocycles. The van der Waals surface area contributed by atoms with Gasteiger partial charge >= 0.3 is 0 Å². The Labute approximate surface area is 161 Å². The van der Waals surface area contributed by atoms with Gasteiger partial charge in [0.05, 0.1) is 16.9 Å². The predicted molar refractivity (Wildman–Crippen MR) is 103 cm³/mol. The molecule has 0 spiro atoms. The van der Waals surface area contributed by atoms with Crippen molar-refractivity contribution in [1.82, 2.24) is 10.2 Å². The van der Waals surface area contributed by atoms with E-state index >= 15 is 0 Å². The standard InChI is InChI=1S/C18H20N2O4S2/c1-10(2)8-13(17(23)24)19-15(21)12-6-4-11(5-7-12)9-14-16(22)20(3)18(25)26-14/h4-7,9-10,13H,8H2,1-3H3,(H,19,21)(H,23,24)/p-1/b14-9+/t13-/m1/s1. The van der Waals surface area contributed by atoms with Crippen molar-refractivity contribution in [3.8, 4) is 0 Å². The first-order chi connectivity index (χ1) is 12.2. The van der Waals surface area contributed by atoms with E-state index in [9.17, 15) is 19.5 Å². The average Bonchev–Trinajstić information content (AvgIpc) is 2.81. The summed E-state index contributed by atoms with van der Waals surface area (Å²) in [5.74, 6) is -1.83. The summed E-state index contributed by atoms with van der Waals surface area (Å²) in [5, 5.41) is 13.6. The van der Waals surface area contributed by atoms with Crippen LogP contribution >= 0.6 is 24.0 Å². The molecule has 6 nitrogen and oxygen atoms in total. The Morgan fingerprint density at radius 2 is 1.92 bits per heavy atom. The number of thiocarbonyl (C=S) groups is 1. The normalized spacial score (nSPS) is 17.1. The van der Waals surface area contributed by atoms with Gasteiger partial charge in [0.15, 0.2) is 0 Å². The number of nitrogens with one attached hydrogen (secondary N) is 1. The Kier molecular flexibility index (Phi) is 6.55. The highest BCUT2D eigenvalue weighted by atomic mass is 32.2. The molecule has 0 aromatic heterocycles. The molecule has 138 valence electrons. The van der Waals surface area contributed by atoms with E-state index < -0.39 is 17.9 Å². The molecule has 1 aliphatic rings. The highest BCUT2D eigenvalue weighted by Gasteiger charge is 2.28. The number of aliphatic carboxylic acids is 1. The number of carbonyl (C=O) groups is 3. The Morgan fingerprint density at radius 1 is 1.31 bits per heavy atom. The minimum absolute atomic E-state index is 0.109. The zero-order valence-corrected chi connectivity index (χ0v) is 16.3. The minimum Gasteiger partial charge on any atom is -0.548 e. The van der Waals surface area contributed by atoms with E-state index in [4.69, 9.17) is 12.2 Å². The van der Waals surface area contributed by atoms with Crippen molar-refractivity contribution in [2.45, 2.75) is 26.3 Å². The van der Waals surface area contributed by atoms with Crippen LogP contribution in [0.2, 0.25) is 0 Å². The minimum atomic E-state index is -1.30. The van der Waals surface area contributed by atoms with Crippen molar-refractivity contribution < 1.29 is 19.5 Å². The van der Waals surface area contributed by atoms with Gasteiger partial charge in [0.25, 0.3) is 11.8 Å². The summed E-state index contributed by atoms with van der Waals surface area (Å²) < 4.78 is 0.496. The third-order valence-corrected chi connectivity index (χ3v) is 5.24. The summed E-state index contributed by atoms with van der Waals surface area (Å²) >= 11 is 6.30. The van der Waals surface area contributed by atoms with Crippen molar-refractivity contribution in [1.29, 1.82) is 0 Å². The molecule has 1 aliphatic heterocycles. The Bertz CT molecular complexity index is 772. The fraction of sp³-hybridized carbons (Fsp3) is 0.333. The average molecular weight is 391 g/mol. The zero-order valence-electron chi connectivity index (χ0n) is 14.6. The number of hydrogen-bond donors (Lipinski definition) is 1. The first-order valence-corrected chi connectivity index (χ1v) is 9.25. The van der Waals surface area contributed by atoms with Gasteiger partial charge in [-0.05, 0) is 36.1 Å². The third kappa shape index (κ3) is 4.92. The van der Waals surface area contributed by atoms with Gasteiger partial charge in [0, 0.05) is 12.6 Å². The lowest BCUT2D eigenvalue weighted by Gasteiger charge is -2.21. The van der Waals surface area contributed by atoms with E-state index in [1.807, 2.05) is 13.8 Å². The highest BCUT2D eigenvalue weighted by Crippen LogP contribution is 2.31. The number of carboxylic acids is 1. The van der Waals surface area contributed by atoms with Gasteiger partial charge in [0.1, 0.15) is 4.32 Å². The molecule has 0 radical (unpaired) electrons. The number of thioether (sulfide) groups is 1. The predicted octanol–water partition coefficient (Wildman–Crippen LogP) is 1.41. The molecule has 1 fully saturated rings. The van der Waals surface area contributed by atoms with Gasteiger partial charge in [-0.3, -0.25) is 14.5 Å². The quantitative estimate of drug-likeness (QED) is 0.583. The summed E-state index contributed by atoms with van der Waals surface area (Å²) in [6.45, 7) is 3.74. The molecule has 0 saturated carbocycles. The summed E-state index contributed by atoms with van der Waals surface area (Å²) in [4.78, 5) is 37.3. The number of likely N-dealkylation sites (N-methyl/N-ethyl adjacent to an activating group) is 1. The molecule has 1 heterocycles. The van der Waals surface area contributed by atoms with Crippen molar-refractivity contribution >= 4 is 52.2 Å². The van der Waals surface area contributed by atoms with Crippen LogP contribution in [0.5, 0.6) is 0 Å². The van der Waals surface area contributed by atoms with Crippen LogP contribution in [0, 0.1) is 5.92 Å². The number of hydrogen-bond acceptors (Lipinski definition) is 6. The maximum Gasteiger partial charge on any atom is 0.265 e. The molecule has 1 aromatic carbocycles. The smallest absolute Gasteiger partial charge is 0.265 e. The fourth-order valence-electron chi connectivity index (χ4n) is 2.35. The maximum atomic E-state index is 12.2. The zero-order chi connectivity index (χ0) is 19.4. The lowest BCUT2D eigenvalue weighted by Crippen LogP contribution is -2.48. The molecule has 0 unspecified atom stereocenters. The van der Waals surface area contributed by atoms with Gasteiger partial charge < -0.3 is 15.2 Å². The van der Waals surface area contributed by atoms with E-state index in [1.165, 1.54) is 16.7 Å². The molecular weight excluding hydrogens is 372 g/mol. The summed E-state index contributed by atoms with van der Waals surface area (Å²) in [6.07, 6.45) is 2.00. The van der Waals surface area contributed by atoms with Crippen molar-refractivity contribution in [3.63, 3.8) is 0 Å². The van der Waals surface area contributed by atoms with E-state index in [-0.39, 0.29) is 11.8 Å². The molecule has 1 N–H and O–H groups in total. The van der Waals surface area contributed by atoms with Crippen LogP contribution in [-0.4, -0.2) is 40.1 Å². The van der Waals surface area contributed by atoms with Gasteiger partial charge in [-0.1, -0.05) is 50.0 Å². The monoisotopic (exact) mass is 391 g/mol. The first-order valence-electron chi connectivity index (χ1n) is 8.02. The van der Waals surface area contributed by atoms with Crippen molar-refractivity contribution in [2.75, 3.05) is 7.05 Å². The van der Waals surface area contributed by atoms with Gasteiger partial charge in [-0.25, -0.2) is 0 Å². The Hall–Kier alpha value is -2.19. The second-order valence-corrected chi connectivity index (χ2v) is 8.01. The SMILES string of the molecule is CC(C)C[C@@H](NC(=O)c1ccc(/C=C2/SC(=S)N(C)C2=O)cc1)C(=O)[O-]. The van der Waals surface area contributed by atoms with Gasteiger partial charge in [-0.15, -0.1) is 0 Å². The summed E-state index contributed by atoms with van der Waals surface area (Å²) in [7, 11) is 1.62. The van der Waals surface area contributed by atoms with E-state index in [1.54, 1.807) is 37.4 Å².